The molecule has 0 N–H and O–H groups in total. The third kappa shape index (κ3) is 4.50. The van der Waals surface area contributed by atoms with E-state index in [9.17, 15) is 13.2 Å². The fourth-order valence-electron chi connectivity index (χ4n) is 3.45. The van der Waals surface area contributed by atoms with Gasteiger partial charge in [-0.1, -0.05) is 12.1 Å². The van der Waals surface area contributed by atoms with E-state index in [1.54, 1.807) is 0 Å². The molecule has 2 heterocycles. The predicted molar refractivity (Wildman–Crippen MR) is 104 cm³/mol. The van der Waals surface area contributed by atoms with Crippen molar-refractivity contribution >= 4 is 33.2 Å². The van der Waals surface area contributed by atoms with Crippen LogP contribution in [-0.4, -0.2) is 67.9 Å². The van der Waals surface area contributed by atoms with Gasteiger partial charge in [0.15, 0.2) is 9.84 Å². The number of anilines is 1. The van der Waals surface area contributed by atoms with E-state index in [1.807, 2.05) is 4.90 Å². The third-order valence-electron chi connectivity index (χ3n) is 5.18. The molecule has 0 spiro atoms. The van der Waals surface area contributed by atoms with Crippen LogP contribution in [0, 0.1) is 13.8 Å². The van der Waals surface area contributed by atoms with Crippen LogP contribution in [0.1, 0.15) is 17.5 Å². The van der Waals surface area contributed by atoms with E-state index in [0.29, 0.717) is 12.2 Å². The van der Waals surface area contributed by atoms with Crippen molar-refractivity contribution in [1.82, 2.24) is 4.90 Å². The van der Waals surface area contributed by atoms with Crippen LogP contribution in [0.5, 0.6) is 0 Å². The van der Waals surface area contributed by atoms with Crippen LogP contribution in [0.3, 0.4) is 0 Å². The number of hydrogen-bond acceptors (Lipinski definition) is 5. The van der Waals surface area contributed by atoms with Gasteiger partial charge in [-0.2, -0.15) is 0 Å². The minimum atomic E-state index is -2.87. The van der Waals surface area contributed by atoms with Gasteiger partial charge in [-0.05, 0) is 37.5 Å². The molecule has 2 saturated heterocycles. The van der Waals surface area contributed by atoms with Gasteiger partial charge in [0.25, 0.3) is 0 Å². The lowest BCUT2D eigenvalue weighted by Crippen LogP contribution is -2.49. The normalized spacial score (nSPS) is 23.0. The Hall–Kier alpha value is -1.21. The zero-order valence-corrected chi connectivity index (χ0v) is 16.5. The highest BCUT2D eigenvalue weighted by atomic mass is 32.2. The highest BCUT2D eigenvalue weighted by Gasteiger charge is 2.29. The lowest BCUT2D eigenvalue weighted by molar-refractivity contribution is -0.128. The molecule has 1 aromatic carbocycles. The monoisotopic (exact) mass is 382 g/mol. The second-order valence-electron chi connectivity index (χ2n) is 6.92. The summed E-state index contributed by atoms with van der Waals surface area (Å²) in [5.74, 6) is 1.03. The Balaban J connectivity index is 1.49. The molecule has 25 heavy (non-hydrogen) atoms. The molecule has 2 fully saturated rings. The predicted octanol–water partition coefficient (Wildman–Crippen LogP) is 1.87. The quantitative estimate of drug-likeness (QED) is 0.796. The van der Waals surface area contributed by atoms with Gasteiger partial charge in [0.2, 0.25) is 5.91 Å². The van der Waals surface area contributed by atoms with E-state index in [1.165, 1.54) is 28.6 Å². The summed E-state index contributed by atoms with van der Waals surface area (Å²) in [6, 6.07) is 6.36. The van der Waals surface area contributed by atoms with Crippen molar-refractivity contribution < 1.29 is 13.2 Å². The van der Waals surface area contributed by atoms with Crippen molar-refractivity contribution in [1.29, 1.82) is 0 Å². The van der Waals surface area contributed by atoms with Crippen LogP contribution in [0.25, 0.3) is 0 Å². The zero-order chi connectivity index (χ0) is 18.0. The first kappa shape index (κ1) is 18.6. The van der Waals surface area contributed by atoms with Crippen molar-refractivity contribution in [2.24, 2.45) is 0 Å². The fraction of sp³-hybridized carbons (Fsp3) is 0.611. The number of carbonyl (C=O) groups is 1. The van der Waals surface area contributed by atoms with E-state index < -0.39 is 9.84 Å². The van der Waals surface area contributed by atoms with E-state index in [2.05, 4.69) is 36.9 Å². The fourth-order valence-corrected chi connectivity index (χ4v) is 6.99. The number of aryl methyl sites for hydroxylation is 1. The van der Waals surface area contributed by atoms with Crippen LogP contribution >= 0.6 is 11.8 Å². The maximum atomic E-state index is 12.4. The first-order chi connectivity index (χ1) is 11.9. The molecule has 5 nitrogen and oxygen atoms in total. The molecular formula is C18H26N2O3S2. The first-order valence-corrected chi connectivity index (χ1v) is 11.6. The Morgan fingerprint density at radius 3 is 2.56 bits per heavy atom. The maximum Gasteiger partial charge on any atom is 0.232 e. The molecule has 138 valence electrons. The summed E-state index contributed by atoms with van der Waals surface area (Å²) < 4.78 is 23.0. The molecule has 0 bridgehead atoms. The summed E-state index contributed by atoms with van der Waals surface area (Å²) in [5, 5.41) is 0.0881. The average molecular weight is 383 g/mol. The second-order valence-corrected chi connectivity index (χ2v) is 10.4. The molecule has 1 aromatic rings. The van der Waals surface area contributed by atoms with Crippen molar-refractivity contribution in [3.63, 3.8) is 0 Å². The number of sulfone groups is 1. The summed E-state index contributed by atoms with van der Waals surface area (Å²) in [7, 11) is -2.87. The van der Waals surface area contributed by atoms with Gasteiger partial charge >= 0.3 is 0 Å². The van der Waals surface area contributed by atoms with Crippen molar-refractivity contribution in [2.45, 2.75) is 25.5 Å². The van der Waals surface area contributed by atoms with Gasteiger partial charge in [0.1, 0.15) is 0 Å². The number of piperazine rings is 1. The Labute approximate surface area is 154 Å². The van der Waals surface area contributed by atoms with Crippen LogP contribution in [0.15, 0.2) is 18.2 Å². The Kier molecular flexibility index (Phi) is 5.63. The summed E-state index contributed by atoms with van der Waals surface area (Å²) in [4.78, 5) is 16.7. The summed E-state index contributed by atoms with van der Waals surface area (Å²) >= 11 is 1.51. The lowest BCUT2D eigenvalue weighted by Gasteiger charge is -2.37. The van der Waals surface area contributed by atoms with Crippen molar-refractivity contribution in [3.05, 3.63) is 29.3 Å². The maximum absolute atomic E-state index is 12.4. The van der Waals surface area contributed by atoms with Gasteiger partial charge in [0.05, 0.1) is 17.3 Å². The molecule has 0 radical (unpaired) electrons. The molecule has 2 aliphatic heterocycles. The largest absolute Gasteiger partial charge is 0.368 e. The van der Waals surface area contributed by atoms with Gasteiger partial charge in [-0.25, -0.2) is 8.42 Å². The third-order valence-corrected chi connectivity index (χ3v) is 8.45. The highest BCUT2D eigenvalue weighted by molar-refractivity contribution is 8.02. The molecule has 0 saturated carbocycles. The summed E-state index contributed by atoms with van der Waals surface area (Å²) in [5.41, 5.74) is 3.86. The van der Waals surface area contributed by atoms with Crippen molar-refractivity contribution in [3.8, 4) is 0 Å². The summed E-state index contributed by atoms with van der Waals surface area (Å²) in [6.45, 7) is 7.43. The van der Waals surface area contributed by atoms with Gasteiger partial charge in [0, 0.05) is 37.1 Å². The zero-order valence-electron chi connectivity index (χ0n) is 14.9. The highest BCUT2D eigenvalue weighted by Crippen LogP contribution is 2.26. The van der Waals surface area contributed by atoms with Crippen LogP contribution in [0.4, 0.5) is 5.69 Å². The minimum Gasteiger partial charge on any atom is -0.368 e. The van der Waals surface area contributed by atoms with Crippen LogP contribution < -0.4 is 4.90 Å². The number of nitrogens with zero attached hydrogens (tertiary/aromatic N) is 2. The van der Waals surface area contributed by atoms with Gasteiger partial charge in [-0.3, -0.25) is 4.79 Å². The van der Waals surface area contributed by atoms with Crippen LogP contribution in [-0.2, 0) is 14.6 Å². The first-order valence-electron chi connectivity index (χ1n) is 8.77. The lowest BCUT2D eigenvalue weighted by atomic mass is 10.1. The molecule has 1 atom stereocenters. The molecule has 0 aromatic heterocycles. The number of carbonyl (C=O) groups excluding carboxylic acids is 1. The van der Waals surface area contributed by atoms with Crippen LogP contribution in [0.2, 0.25) is 0 Å². The molecule has 2 aliphatic rings. The molecule has 1 amide bonds. The second kappa shape index (κ2) is 7.58. The smallest absolute Gasteiger partial charge is 0.232 e. The number of benzene rings is 1. The number of hydrogen-bond donors (Lipinski definition) is 0. The molecule has 7 heteroatoms. The number of thioether (sulfide) groups is 1. The van der Waals surface area contributed by atoms with Gasteiger partial charge in [-0.15, -0.1) is 11.8 Å². The molecule has 0 aliphatic carbocycles. The Bertz CT molecular complexity index is 741. The number of amides is 1. The van der Waals surface area contributed by atoms with E-state index >= 15 is 0 Å². The molecule has 3 rings (SSSR count). The standard InChI is InChI=1S/C18H26N2O3S2/c1-14-4-3-5-17(15(14)2)19-7-9-20(10-8-19)18(21)12-24-16-6-11-25(22,23)13-16/h3-5,16H,6-13H2,1-2H3. The van der Waals surface area contributed by atoms with Crippen molar-refractivity contribution in [2.75, 3.05) is 48.3 Å². The molecule has 1 unspecified atom stereocenters. The minimum absolute atomic E-state index is 0.0881. The van der Waals surface area contributed by atoms with Gasteiger partial charge < -0.3 is 9.80 Å². The number of rotatable bonds is 4. The molecular weight excluding hydrogens is 356 g/mol. The average Bonchev–Trinajstić information content (AvgIpc) is 2.94. The van der Waals surface area contributed by atoms with E-state index in [4.69, 9.17) is 0 Å². The Morgan fingerprint density at radius 1 is 1.20 bits per heavy atom. The summed E-state index contributed by atoms with van der Waals surface area (Å²) in [6.07, 6.45) is 0.681. The topological polar surface area (TPSA) is 57.7 Å². The van der Waals surface area contributed by atoms with E-state index in [0.717, 1.165) is 26.2 Å². The Morgan fingerprint density at radius 2 is 1.92 bits per heavy atom. The van der Waals surface area contributed by atoms with E-state index in [-0.39, 0.29) is 22.7 Å². The SMILES string of the molecule is Cc1cccc(N2CCN(C(=O)CSC3CCS(=O)(=O)C3)CC2)c1C.